The highest BCUT2D eigenvalue weighted by Gasteiger charge is 2.28. The number of hydrogen-bond acceptors (Lipinski definition) is 3. The predicted octanol–water partition coefficient (Wildman–Crippen LogP) is 3.92. The second-order valence-corrected chi connectivity index (χ2v) is 7.34. The minimum atomic E-state index is 0.288. The Balaban J connectivity index is 2.45. The average Bonchev–Trinajstić information content (AvgIpc) is 2.67. The summed E-state index contributed by atoms with van der Waals surface area (Å²) in [6.45, 7) is 14.6. The van der Waals surface area contributed by atoms with Gasteiger partial charge in [0.15, 0.2) is 5.17 Å². The number of amidine groups is 1. The predicted molar refractivity (Wildman–Crippen MR) is 79.8 cm³/mol. The third kappa shape index (κ3) is 4.20. The molecule has 0 bridgehead atoms. The van der Waals surface area contributed by atoms with Crippen molar-refractivity contribution in [3.8, 4) is 0 Å². The molecule has 0 amide bonds. The van der Waals surface area contributed by atoms with E-state index in [2.05, 4.69) is 51.9 Å². The van der Waals surface area contributed by atoms with Gasteiger partial charge in [0.1, 0.15) is 0 Å². The lowest BCUT2D eigenvalue weighted by Gasteiger charge is -2.29. The minimum Gasteiger partial charge on any atom is -0.362 e. The summed E-state index contributed by atoms with van der Waals surface area (Å²) < 4.78 is 0. The van der Waals surface area contributed by atoms with Crippen LogP contribution in [0.25, 0.3) is 0 Å². The van der Waals surface area contributed by atoms with Crippen LogP contribution in [-0.2, 0) is 0 Å². The third-order valence-corrected chi connectivity index (χ3v) is 5.20. The van der Waals surface area contributed by atoms with E-state index in [-0.39, 0.29) is 5.41 Å². The van der Waals surface area contributed by atoms with Crippen molar-refractivity contribution >= 4 is 16.9 Å². The molecule has 1 aliphatic rings. The Morgan fingerprint density at radius 2 is 1.94 bits per heavy atom. The van der Waals surface area contributed by atoms with E-state index in [1.807, 2.05) is 11.8 Å². The van der Waals surface area contributed by atoms with Crippen LogP contribution in [0.4, 0.5) is 0 Å². The van der Waals surface area contributed by atoms with E-state index in [4.69, 9.17) is 0 Å². The van der Waals surface area contributed by atoms with E-state index in [0.29, 0.717) is 11.3 Å². The highest BCUT2D eigenvalue weighted by molar-refractivity contribution is 8.14. The van der Waals surface area contributed by atoms with Gasteiger partial charge >= 0.3 is 0 Å². The Morgan fingerprint density at radius 1 is 1.35 bits per heavy atom. The molecule has 0 aromatic rings. The van der Waals surface area contributed by atoms with Crippen molar-refractivity contribution in [2.24, 2.45) is 16.3 Å². The molecule has 1 N–H and O–H groups in total. The third-order valence-electron chi connectivity index (χ3n) is 3.89. The molecule has 0 spiro atoms. The molecule has 100 valence electrons. The number of nitrogens with one attached hydrogen (secondary N) is 1. The maximum Gasteiger partial charge on any atom is 0.157 e. The largest absolute Gasteiger partial charge is 0.362 e. The van der Waals surface area contributed by atoms with Crippen LogP contribution in [0.1, 0.15) is 54.4 Å². The Morgan fingerprint density at radius 3 is 2.41 bits per heavy atom. The van der Waals surface area contributed by atoms with Crippen LogP contribution in [0.3, 0.4) is 0 Å². The summed E-state index contributed by atoms with van der Waals surface area (Å²) in [7, 11) is 0. The summed E-state index contributed by atoms with van der Waals surface area (Å²) in [5.41, 5.74) is 0.288. The number of aliphatic imine (C=N–C) groups is 1. The first-order chi connectivity index (χ1) is 7.88. The zero-order valence-corrected chi connectivity index (χ0v) is 13.0. The van der Waals surface area contributed by atoms with Crippen LogP contribution in [-0.4, -0.2) is 23.0 Å². The van der Waals surface area contributed by atoms with Crippen LogP contribution in [0.15, 0.2) is 4.99 Å². The standard InChI is InChI=1S/C14H28N2S/c1-7-11(8-2)12-9-15-13(17-12)16-10(3)14(4,5)6/h10-12H,7-9H2,1-6H3,(H,15,16). The monoisotopic (exact) mass is 256 g/mol. The normalized spacial score (nSPS) is 22.8. The van der Waals surface area contributed by atoms with Gasteiger partial charge in [0, 0.05) is 11.3 Å². The summed E-state index contributed by atoms with van der Waals surface area (Å²) in [5, 5.41) is 5.42. The van der Waals surface area contributed by atoms with Gasteiger partial charge in [0.25, 0.3) is 0 Å². The summed E-state index contributed by atoms with van der Waals surface area (Å²) >= 11 is 1.95. The van der Waals surface area contributed by atoms with Gasteiger partial charge in [-0.15, -0.1) is 0 Å². The van der Waals surface area contributed by atoms with Crippen molar-refractivity contribution in [1.29, 1.82) is 0 Å². The second kappa shape index (κ2) is 6.12. The Labute approximate surface area is 111 Å². The summed E-state index contributed by atoms with van der Waals surface area (Å²) in [6.07, 6.45) is 2.54. The zero-order chi connectivity index (χ0) is 13.1. The van der Waals surface area contributed by atoms with E-state index >= 15 is 0 Å². The molecule has 0 aromatic heterocycles. The van der Waals surface area contributed by atoms with Gasteiger partial charge in [-0.05, 0) is 18.3 Å². The molecule has 1 aliphatic heterocycles. The van der Waals surface area contributed by atoms with Gasteiger partial charge in [-0.25, -0.2) is 0 Å². The molecule has 1 heterocycles. The van der Waals surface area contributed by atoms with Crippen LogP contribution < -0.4 is 5.32 Å². The smallest absolute Gasteiger partial charge is 0.157 e. The Kier molecular flexibility index (Phi) is 5.36. The maximum atomic E-state index is 4.66. The molecule has 1 rings (SSSR count). The first-order valence-corrected chi connectivity index (χ1v) is 7.74. The molecule has 0 radical (unpaired) electrons. The molecule has 0 aliphatic carbocycles. The SMILES string of the molecule is CCC(CC)C1CN=C(NC(C)C(C)(C)C)S1. The van der Waals surface area contributed by atoms with Crippen LogP contribution in [0.5, 0.6) is 0 Å². The van der Waals surface area contributed by atoms with Crippen molar-refractivity contribution in [3.63, 3.8) is 0 Å². The zero-order valence-electron chi connectivity index (χ0n) is 12.2. The molecule has 0 saturated carbocycles. The summed E-state index contributed by atoms with van der Waals surface area (Å²) in [4.78, 5) is 4.66. The topological polar surface area (TPSA) is 24.4 Å². The van der Waals surface area contributed by atoms with E-state index in [9.17, 15) is 0 Å². The molecule has 17 heavy (non-hydrogen) atoms. The molecule has 0 aromatic carbocycles. The highest BCUT2D eigenvalue weighted by atomic mass is 32.2. The average molecular weight is 256 g/mol. The maximum absolute atomic E-state index is 4.66. The molecule has 3 heteroatoms. The lowest BCUT2D eigenvalue weighted by molar-refractivity contribution is 0.317. The number of thioether (sulfide) groups is 1. The quantitative estimate of drug-likeness (QED) is 0.824. The number of hydrogen-bond donors (Lipinski definition) is 1. The molecular weight excluding hydrogens is 228 g/mol. The molecule has 0 fully saturated rings. The van der Waals surface area contributed by atoms with Gasteiger partial charge in [0.05, 0.1) is 6.54 Å². The van der Waals surface area contributed by atoms with E-state index < -0.39 is 0 Å². The number of rotatable bonds is 4. The van der Waals surface area contributed by atoms with Crippen LogP contribution >= 0.6 is 11.8 Å². The highest BCUT2D eigenvalue weighted by Crippen LogP contribution is 2.31. The van der Waals surface area contributed by atoms with Gasteiger partial charge in [-0.1, -0.05) is 59.2 Å². The van der Waals surface area contributed by atoms with Crippen molar-refractivity contribution in [1.82, 2.24) is 5.32 Å². The van der Waals surface area contributed by atoms with Crippen LogP contribution in [0.2, 0.25) is 0 Å². The second-order valence-electron chi connectivity index (χ2n) is 6.11. The lowest BCUT2D eigenvalue weighted by atomic mass is 9.88. The van der Waals surface area contributed by atoms with Gasteiger partial charge in [-0.2, -0.15) is 0 Å². The first kappa shape index (κ1) is 14.9. The van der Waals surface area contributed by atoms with Crippen LogP contribution in [0, 0.1) is 11.3 Å². The molecule has 0 saturated heterocycles. The fraction of sp³-hybridized carbons (Fsp3) is 0.929. The van der Waals surface area contributed by atoms with Crippen molar-refractivity contribution < 1.29 is 0 Å². The molecule has 2 atom stereocenters. The summed E-state index contributed by atoms with van der Waals surface area (Å²) in [5.74, 6) is 0.813. The lowest BCUT2D eigenvalue weighted by Crippen LogP contribution is -2.40. The fourth-order valence-corrected chi connectivity index (χ4v) is 3.34. The van der Waals surface area contributed by atoms with Crippen molar-refractivity contribution in [2.75, 3.05) is 6.54 Å². The molecule has 2 unspecified atom stereocenters. The van der Waals surface area contributed by atoms with E-state index in [1.165, 1.54) is 12.8 Å². The Bertz CT molecular complexity index is 264. The number of nitrogens with zero attached hydrogens (tertiary/aromatic N) is 1. The van der Waals surface area contributed by atoms with Gasteiger partial charge in [0.2, 0.25) is 0 Å². The summed E-state index contributed by atoms with van der Waals surface area (Å²) in [6, 6.07) is 0.467. The first-order valence-electron chi connectivity index (χ1n) is 6.86. The fourth-order valence-electron chi connectivity index (χ4n) is 1.93. The van der Waals surface area contributed by atoms with E-state index in [0.717, 1.165) is 17.6 Å². The molecule has 2 nitrogen and oxygen atoms in total. The van der Waals surface area contributed by atoms with E-state index in [1.54, 1.807) is 0 Å². The van der Waals surface area contributed by atoms with Gasteiger partial charge in [-0.3, -0.25) is 4.99 Å². The van der Waals surface area contributed by atoms with Crippen molar-refractivity contribution in [2.45, 2.75) is 65.7 Å². The minimum absolute atomic E-state index is 0.288. The van der Waals surface area contributed by atoms with Gasteiger partial charge < -0.3 is 5.32 Å². The Hall–Kier alpha value is -0.180. The molecular formula is C14H28N2S. The van der Waals surface area contributed by atoms with Crippen molar-refractivity contribution in [3.05, 3.63) is 0 Å².